The van der Waals surface area contributed by atoms with Crippen LogP contribution >= 0.6 is 15.6 Å². The quantitative estimate of drug-likeness (QED) is 0.0222. The highest BCUT2D eigenvalue weighted by Gasteiger charge is 2.31. The summed E-state index contributed by atoms with van der Waals surface area (Å²) in [7, 11) is -9.93. The van der Waals surface area contributed by atoms with E-state index >= 15 is 0 Å². The third-order valence-electron chi connectivity index (χ3n) is 21.0. The first-order valence-electron chi connectivity index (χ1n) is 46.0. The lowest BCUT2D eigenvalue weighted by atomic mass is 10.0. The summed E-state index contributed by atoms with van der Waals surface area (Å²) in [5, 5.41) is 10.7. The number of phosphoric ester groups is 2. The number of unbranched alkanes of at least 4 members (excludes halogenated alkanes) is 58. The molecule has 0 aromatic rings. The number of ether oxygens (including phenoxy) is 4. The van der Waals surface area contributed by atoms with Gasteiger partial charge in [0.25, 0.3) is 0 Å². The van der Waals surface area contributed by atoms with E-state index in [0.29, 0.717) is 25.7 Å². The summed E-state index contributed by atoms with van der Waals surface area (Å²) in [6.45, 7) is 9.70. The molecule has 0 rings (SSSR count). The van der Waals surface area contributed by atoms with Crippen molar-refractivity contribution in [1.82, 2.24) is 0 Å². The second-order valence-corrected chi connectivity index (χ2v) is 35.8. The van der Waals surface area contributed by atoms with Crippen molar-refractivity contribution in [1.29, 1.82) is 0 Å². The second kappa shape index (κ2) is 80.3. The largest absolute Gasteiger partial charge is 0.472 e. The lowest BCUT2D eigenvalue weighted by molar-refractivity contribution is -0.161. The Kier molecular flexibility index (Phi) is 78.8. The number of aliphatic hydroxyl groups excluding tert-OH is 1. The van der Waals surface area contributed by atoms with Gasteiger partial charge in [-0.05, 0) is 37.5 Å². The van der Waals surface area contributed by atoms with Gasteiger partial charge in [0.2, 0.25) is 0 Å². The molecule has 2 unspecified atom stereocenters. The van der Waals surface area contributed by atoms with Gasteiger partial charge in [-0.2, -0.15) is 0 Å². The summed E-state index contributed by atoms with van der Waals surface area (Å²) in [6.07, 6.45) is 73.7. The summed E-state index contributed by atoms with van der Waals surface area (Å²) < 4.78 is 69.0. The van der Waals surface area contributed by atoms with Gasteiger partial charge < -0.3 is 33.8 Å². The first-order chi connectivity index (χ1) is 52.4. The smallest absolute Gasteiger partial charge is 0.462 e. The van der Waals surface area contributed by atoms with Crippen LogP contribution < -0.4 is 0 Å². The Hall–Kier alpha value is -1.94. The van der Waals surface area contributed by atoms with E-state index in [-0.39, 0.29) is 25.7 Å². The van der Waals surface area contributed by atoms with E-state index in [1.165, 1.54) is 295 Å². The summed E-state index contributed by atoms with van der Waals surface area (Å²) in [5.41, 5.74) is 0. The fraction of sp³-hybridized carbons (Fsp3) is 0.955. The SMILES string of the molecule is CCCCCCCCCCCCCCCCCCCCCCCCC(=O)O[C@H](COC(=O)CCCCCCCCCCCCCCCCCCCCC(C)C)COP(=O)(O)OC[C@@H](O)COP(=O)(O)OC[C@@H](COC(=O)CCCCCCCCCCCC(C)C)OC(=O)CCCCCCCCCCCCCCC. The van der Waals surface area contributed by atoms with Crippen LogP contribution in [-0.2, 0) is 65.4 Å². The number of esters is 4. The summed E-state index contributed by atoms with van der Waals surface area (Å²) in [4.78, 5) is 73.3. The minimum absolute atomic E-state index is 0.108. The summed E-state index contributed by atoms with van der Waals surface area (Å²) in [6, 6.07) is 0. The highest BCUT2D eigenvalue weighted by atomic mass is 31.2. The summed E-state index contributed by atoms with van der Waals surface area (Å²) >= 11 is 0. The minimum Gasteiger partial charge on any atom is -0.462 e. The van der Waals surface area contributed by atoms with E-state index in [1.54, 1.807) is 0 Å². The molecule has 19 heteroatoms. The molecule has 0 spiro atoms. The van der Waals surface area contributed by atoms with E-state index < -0.39 is 97.5 Å². The molecule has 0 radical (unpaired) electrons. The zero-order chi connectivity index (χ0) is 79.2. The Morgan fingerprint density at radius 1 is 0.250 bits per heavy atom. The normalized spacial score (nSPS) is 13.8. The molecule has 5 atom stereocenters. The van der Waals surface area contributed by atoms with Gasteiger partial charge in [0.1, 0.15) is 19.3 Å². The molecule has 0 aromatic carbocycles. The van der Waals surface area contributed by atoms with E-state index in [1.807, 2.05) is 0 Å². The molecule has 17 nitrogen and oxygen atoms in total. The highest BCUT2D eigenvalue weighted by molar-refractivity contribution is 7.47. The number of carbonyl (C=O) groups is 4. The van der Waals surface area contributed by atoms with E-state index in [0.717, 1.165) is 102 Å². The minimum atomic E-state index is -4.97. The number of phosphoric acid groups is 2. The van der Waals surface area contributed by atoms with Crippen LogP contribution in [0.3, 0.4) is 0 Å². The Morgan fingerprint density at radius 2 is 0.426 bits per heavy atom. The number of aliphatic hydroxyl groups is 1. The summed E-state index contributed by atoms with van der Waals surface area (Å²) in [5.74, 6) is -0.532. The van der Waals surface area contributed by atoms with Crippen LogP contribution in [0.25, 0.3) is 0 Å². The Labute approximate surface area is 664 Å². The topological polar surface area (TPSA) is 237 Å². The molecule has 0 aliphatic rings. The van der Waals surface area contributed by atoms with Crippen molar-refractivity contribution >= 4 is 39.5 Å². The second-order valence-electron chi connectivity index (χ2n) is 32.9. The average molecular weight is 1580 g/mol. The Bertz CT molecular complexity index is 2060. The van der Waals surface area contributed by atoms with Crippen LogP contribution in [0.4, 0.5) is 0 Å². The van der Waals surface area contributed by atoms with Crippen molar-refractivity contribution < 1.29 is 80.2 Å². The average Bonchev–Trinajstić information content (AvgIpc) is 0.913. The molecule has 3 N–H and O–H groups in total. The monoisotopic (exact) mass is 1580 g/mol. The third-order valence-corrected chi connectivity index (χ3v) is 22.9. The van der Waals surface area contributed by atoms with Crippen LogP contribution in [-0.4, -0.2) is 96.7 Å². The Balaban J connectivity index is 5.22. The van der Waals surface area contributed by atoms with E-state index in [4.69, 9.17) is 37.0 Å². The maximum atomic E-state index is 13.2. The predicted octanol–water partition coefficient (Wildman–Crippen LogP) is 27.4. The van der Waals surface area contributed by atoms with Gasteiger partial charge in [0.05, 0.1) is 26.4 Å². The molecule has 0 amide bonds. The lowest BCUT2D eigenvalue weighted by Crippen LogP contribution is -2.30. The molecular formula is C89H174O17P2. The molecule has 0 heterocycles. The number of carbonyl (C=O) groups excluding carboxylic acids is 4. The van der Waals surface area contributed by atoms with E-state index in [9.17, 15) is 43.2 Å². The van der Waals surface area contributed by atoms with Gasteiger partial charge in [-0.25, -0.2) is 9.13 Å². The molecule has 642 valence electrons. The zero-order valence-corrected chi connectivity index (χ0v) is 73.0. The fourth-order valence-corrected chi connectivity index (χ4v) is 15.5. The van der Waals surface area contributed by atoms with E-state index in [2.05, 4.69) is 41.5 Å². The highest BCUT2D eigenvalue weighted by Crippen LogP contribution is 2.45. The molecule has 0 fully saturated rings. The number of rotatable bonds is 88. The van der Waals surface area contributed by atoms with Crippen molar-refractivity contribution in [3.8, 4) is 0 Å². The molecule has 0 saturated carbocycles. The standard InChI is InChI=1S/C89H174O17P2/c1-7-9-11-13-15-17-19-21-22-23-24-25-26-27-32-35-39-43-49-56-62-68-74-89(94)105-84(77-99-86(91)71-65-59-53-47-41-38-34-31-29-28-30-33-37-40-45-51-57-63-69-81(3)4)79-103-107(95,96)101-75-83(90)76-102-108(97,98)104-80-85(78-100-87(92)72-66-60-54-50-44-46-52-58-64-70-82(5)6)106-88(93)73-67-61-55-48-42-36-20-18-16-14-12-10-8-2/h81-85,90H,7-80H2,1-6H3,(H,95,96)(H,97,98)/t83-,84-,85-/m1/s1. The van der Waals surface area contributed by atoms with Gasteiger partial charge in [0.15, 0.2) is 12.2 Å². The van der Waals surface area contributed by atoms with Gasteiger partial charge in [-0.15, -0.1) is 0 Å². The number of hydrogen-bond donors (Lipinski definition) is 3. The number of hydrogen-bond acceptors (Lipinski definition) is 15. The van der Waals surface area contributed by atoms with Crippen molar-refractivity contribution in [2.24, 2.45) is 11.8 Å². The van der Waals surface area contributed by atoms with Crippen molar-refractivity contribution in [2.45, 2.75) is 496 Å². The van der Waals surface area contributed by atoms with Crippen LogP contribution in [0.1, 0.15) is 478 Å². The molecule has 108 heavy (non-hydrogen) atoms. The zero-order valence-electron chi connectivity index (χ0n) is 71.2. The maximum Gasteiger partial charge on any atom is 0.472 e. The molecule has 0 bridgehead atoms. The van der Waals surface area contributed by atoms with Crippen LogP contribution in [0, 0.1) is 11.8 Å². The Morgan fingerprint density at radius 3 is 0.630 bits per heavy atom. The van der Waals surface area contributed by atoms with Crippen LogP contribution in [0.5, 0.6) is 0 Å². The van der Waals surface area contributed by atoms with Gasteiger partial charge in [0, 0.05) is 25.7 Å². The van der Waals surface area contributed by atoms with Gasteiger partial charge in [-0.3, -0.25) is 37.3 Å². The van der Waals surface area contributed by atoms with Gasteiger partial charge in [-0.1, -0.05) is 427 Å². The molecular weight excluding hydrogens is 1400 g/mol. The fourth-order valence-electron chi connectivity index (χ4n) is 14.0. The van der Waals surface area contributed by atoms with Crippen molar-refractivity contribution in [2.75, 3.05) is 39.6 Å². The van der Waals surface area contributed by atoms with Crippen LogP contribution in [0.2, 0.25) is 0 Å². The first-order valence-corrected chi connectivity index (χ1v) is 49.0. The molecule has 0 aliphatic carbocycles. The molecule has 0 saturated heterocycles. The molecule has 0 aromatic heterocycles. The van der Waals surface area contributed by atoms with Crippen molar-refractivity contribution in [3.05, 3.63) is 0 Å². The molecule has 0 aliphatic heterocycles. The predicted molar refractivity (Wildman–Crippen MR) is 446 cm³/mol. The first kappa shape index (κ1) is 106. The van der Waals surface area contributed by atoms with Crippen molar-refractivity contribution in [3.63, 3.8) is 0 Å². The lowest BCUT2D eigenvalue weighted by Gasteiger charge is -2.21. The maximum absolute atomic E-state index is 13.2. The third kappa shape index (κ3) is 82.1. The van der Waals surface area contributed by atoms with Crippen LogP contribution in [0.15, 0.2) is 0 Å². The van der Waals surface area contributed by atoms with Gasteiger partial charge >= 0.3 is 39.5 Å².